The van der Waals surface area contributed by atoms with Crippen molar-refractivity contribution in [3.05, 3.63) is 77.6 Å². The Bertz CT molecular complexity index is 1270. The van der Waals surface area contributed by atoms with Crippen molar-refractivity contribution in [1.29, 1.82) is 0 Å². The highest BCUT2D eigenvalue weighted by atomic mass is 32.2. The fraction of sp³-hybridized carbons (Fsp3) is 0.406. The zero-order valence-corrected chi connectivity index (χ0v) is 23.9. The zero-order valence-electron chi connectivity index (χ0n) is 23.1. The molecular weight excluding hydrogens is 515 g/mol. The summed E-state index contributed by atoms with van der Waals surface area (Å²) in [5, 5.41) is -0.145. The third kappa shape index (κ3) is 7.76. The second-order valence-electron chi connectivity index (χ2n) is 10.3. The minimum atomic E-state index is -1.35. The lowest BCUT2D eigenvalue weighted by Crippen LogP contribution is -2.16. The minimum Gasteiger partial charge on any atom is -0.611 e. The van der Waals surface area contributed by atoms with Crippen LogP contribution >= 0.6 is 0 Å². The van der Waals surface area contributed by atoms with Crippen molar-refractivity contribution in [3.63, 3.8) is 0 Å². The van der Waals surface area contributed by atoms with Gasteiger partial charge in [0.25, 0.3) is 0 Å². The van der Waals surface area contributed by atoms with E-state index in [2.05, 4.69) is 0 Å². The van der Waals surface area contributed by atoms with Crippen LogP contribution in [0.2, 0.25) is 0 Å². The van der Waals surface area contributed by atoms with E-state index in [-0.39, 0.29) is 23.7 Å². The quantitative estimate of drug-likeness (QED) is 0.163. The van der Waals surface area contributed by atoms with E-state index >= 15 is 0 Å². The average Bonchev–Trinajstić information content (AvgIpc) is 3.76. The van der Waals surface area contributed by atoms with E-state index in [1.807, 2.05) is 57.2 Å². The van der Waals surface area contributed by atoms with E-state index in [0.717, 1.165) is 17.5 Å². The first-order valence-corrected chi connectivity index (χ1v) is 14.8. The predicted octanol–water partition coefficient (Wildman–Crippen LogP) is 7.43. The van der Waals surface area contributed by atoms with Crippen LogP contribution in [0, 0.1) is 11.7 Å². The van der Waals surface area contributed by atoms with Crippen LogP contribution in [0.25, 0.3) is 11.1 Å². The highest BCUT2D eigenvalue weighted by Gasteiger charge is 2.28. The molecule has 0 N–H and O–H groups in total. The number of carbonyl (C=O) groups excluding carboxylic acids is 1. The molecule has 1 fully saturated rings. The molecule has 208 valence electrons. The van der Waals surface area contributed by atoms with Crippen LogP contribution in [0.15, 0.2) is 65.6 Å². The number of ether oxygens (including phenoxy) is 3. The first-order chi connectivity index (χ1) is 18.8. The molecule has 1 aliphatic rings. The normalized spacial score (nSPS) is 14.6. The van der Waals surface area contributed by atoms with Gasteiger partial charge in [-0.3, -0.25) is 4.79 Å². The van der Waals surface area contributed by atoms with Crippen LogP contribution < -0.4 is 9.47 Å². The van der Waals surface area contributed by atoms with Gasteiger partial charge in [-0.25, -0.2) is 4.39 Å². The van der Waals surface area contributed by atoms with Gasteiger partial charge in [-0.05, 0) is 97.7 Å². The van der Waals surface area contributed by atoms with E-state index < -0.39 is 17.0 Å². The molecule has 0 amide bonds. The van der Waals surface area contributed by atoms with Gasteiger partial charge >= 0.3 is 5.97 Å². The van der Waals surface area contributed by atoms with Gasteiger partial charge in [-0.15, -0.1) is 0 Å². The Balaban J connectivity index is 1.55. The molecule has 1 aliphatic carbocycles. The summed E-state index contributed by atoms with van der Waals surface area (Å²) >= 11 is -1.35. The molecule has 5 nitrogen and oxygen atoms in total. The highest BCUT2D eigenvalue weighted by Crippen LogP contribution is 2.41. The molecule has 0 aliphatic heterocycles. The number of hydrogen-bond acceptors (Lipinski definition) is 5. The van der Waals surface area contributed by atoms with Gasteiger partial charge in [-0.1, -0.05) is 31.0 Å². The van der Waals surface area contributed by atoms with Crippen molar-refractivity contribution < 1.29 is 27.9 Å². The van der Waals surface area contributed by atoms with Gasteiger partial charge in [0.15, 0.2) is 4.90 Å². The van der Waals surface area contributed by atoms with Crippen molar-refractivity contribution in [3.8, 4) is 22.6 Å². The van der Waals surface area contributed by atoms with Crippen LogP contribution in [-0.4, -0.2) is 29.5 Å². The Labute approximate surface area is 233 Å². The van der Waals surface area contributed by atoms with Crippen molar-refractivity contribution in [2.24, 2.45) is 5.92 Å². The number of halogens is 1. The third-order valence-electron chi connectivity index (χ3n) is 6.92. The second kappa shape index (κ2) is 13.4. The van der Waals surface area contributed by atoms with Crippen LogP contribution in [0.4, 0.5) is 4.39 Å². The number of carbonyl (C=O) groups is 1. The van der Waals surface area contributed by atoms with E-state index in [1.54, 1.807) is 18.2 Å². The molecule has 0 spiro atoms. The number of rotatable bonds is 13. The SMILES string of the molecule is CCOC(=O)C[C@@H](CC1CC1)c1cccc(OCc2ccc(-c3cc(OC)ccc3F)c([S@@+]([O-])C(C)C)c2)c1. The van der Waals surface area contributed by atoms with Crippen LogP contribution in [0.3, 0.4) is 0 Å². The lowest BCUT2D eigenvalue weighted by Gasteiger charge is -2.19. The monoisotopic (exact) mass is 552 g/mol. The van der Waals surface area contributed by atoms with Gasteiger partial charge in [0.05, 0.1) is 20.1 Å². The Morgan fingerprint density at radius 2 is 1.85 bits per heavy atom. The van der Waals surface area contributed by atoms with Gasteiger partial charge in [0.2, 0.25) is 0 Å². The maximum absolute atomic E-state index is 14.8. The van der Waals surface area contributed by atoms with E-state index in [9.17, 15) is 13.7 Å². The van der Waals surface area contributed by atoms with E-state index in [1.165, 1.54) is 26.0 Å². The Kier molecular flexibility index (Phi) is 9.92. The summed E-state index contributed by atoms with van der Waals surface area (Å²) in [7, 11) is 1.53. The minimum absolute atomic E-state index is 0.0946. The Morgan fingerprint density at radius 3 is 2.54 bits per heavy atom. The van der Waals surface area contributed by atoms with Crippen LogP contribution in [0.1, 0.15) is 63.5 Å². The first-order valence-electron chi connectivity index (χ1n) is 13.5. The molecule has 0 unspecified atom stereocenters. The molecule has 3 aromatic rings. The maximum atomic E-state index is 14.8. The average molecular weight is 553 g/mol. The topological polar surface area (TPSA) is 67.8 Å². The number of hydrogen-bond donors (Lipinski definition) is 0. The highest BCUT2D eigenvalue weighted by molar-refractivity contribution is 7.92. The van der Waals surface area contributed by atoms with Crippen molar-refractivity contribution >= 4 is 17.1 Å². The summed E-state index contributed by atoms with van der Waals surface area (Å²) in [6, 6.07) is 17.9. The molecule has 7 heteroatoms. The summed E-state index contributed by atoms with van der Waals surface area (Å²) in [6.07, 6.45) is 3.76. The lowest BCUT2D eigenvalue weighted by atomic mass is 9.90. The molecule has 0 bridgehead atoms. The predicted molar refractivity (Wildman–Crippen MR) is 152 cm³/mol. The number of methoxy groups -OCH3 is 1. The molecule has 0 heterocycles. The number of benzene rings is 3. The van der Waals surface area contributed by atoms with Gasteiger partial charge < -0.3 is 18.8 Å². The maximum Gasteiger partial charge on any atom is 0.306 e. The molecular formula is C32H37FO5S. The molecule has 2 atom stereocenters. The van der Waals surface area contributed by atoms with E-state index in [4.69, 9.17) is 14.2 Å². The first kappa shape index (κ1) is 29.0. The molecule has 39 heavy (non-hydrogen) atoms. The Morgan fingerprint density at radius 1 is 1.05 bits per heavy atom. The summed E-state index contributed by atoms with van der Waals surface area (Å²) in [5.41, 5.74) is 2.82. The molecule has 0 saturated heterocycles. The van der Waals surface area contributed by atoms with E-state index in [0.29, 0.717) is 46.5 Å². The third-order valence-corrected chi connectivity index (χ3v) is 8.55. The Hall–Kier alpha value is -3.03. The molecule has 4 rings (SSSR count). The van der Waals surface area contributed by atoms with Gasteiger partial charge in [0.1, 0.15) is 29.2 Å². The summed E-state index contributed by atoms with van der Waals surface area (Å²) in [4.78, 5) is 12.8. The molecule has 1 saturated carbocycles. The fourth-order valence-corrected chi connectivity index (χ4v) is 5.85. The van der Waals surface area contributed by atoms with Crippen molar-refractivity contribution in [2.75, 3.05) is 13.7 Å². The smallest absolute Gasteiger partial charge is 0.306 e. The van der Waals surface area contributed by atoms with Crippen LogP contribution in [0.5, 0.6) is 11.5 Å². The summed E-state index contributed by atoms with van der Waals surface area (Å²) in [5.74, 6) is 1.42. The van der Waals surface area contributed by atoms with Crippen LogP contribution in [-0.2, 0) is 27.3 Å². The lowest BCUT2D eigenvalue weighted by molar-refractivity contribution is -0.143. The molecule has 3 aromatic carbocycles. The molecule has 0 radical (unpaired) electrons. The zero-order chi connectivity index (χ0) is 27.9. The largest absolute Gasteiger partial charge is 0.611 e. The molecule has 0 aromatic heterocycles. The van der Waals surface area contributed by atoms with Crippen molar-refractivity contribution in [1.82, 2.24) is 0 Å². The van der Waals surface area contributed by atoms with Gasteiger partial charge in [0, 0.05) is 17.2 Å². The van der Waals surface area contributed by atoms with Crippen molar-refractivity contribution in [2.45, 2.75) is 69.1 Å². The number of esters is 1. The fourth-order valence-electron chi connectivity index (χ4n) is 4.68. The second-order valence-corrected chi connectivity index (χ2v) is 12.2. The standard InChI is InChI=1S/C32H37FO5S/c1-5-37-32(34)18-25(15-22-9-10-22)24-7-6-8-27(17-24)38-20-23-11-13-28(31(16-23)39(35)21(2)3)29-19-26(36-4)12-14-30(29)33/h6-8,11-14,16-17,19,21-22,25H,5,9-10,15,18,20H2,1-4H3/t25-,39+/m1/s1. The summed E-state index contributed by atoms with van der Waals surface area (Å²) < 4.78 is 44.7. The van der Waals surface area contributed by atoms with Gasteiger partial charge in [-0.2, -0.15) is 0 Å². The summed E-state index contributed by atoms with van der Waals surface area (Å²) in [6.45, 7) is 6.22.